The summed E-state index contributed by atoms with van der Waals surface area (Å²) in [7, 11) is 0.750. The van der Waals surface area contributed by atoms with Crippen LogP contribution in [0.5, 0.6) is 23.0 Å². The van der Waals surface area contributed by atoms with Crippen LogP contribution in [0.1, 0.15) is 22.3 Å². The van der Waals surface area contributed by atoms with E-state index in [4.69, 9.17) is 29.2 Å². The Balaban J connectivity index is 0.00000158. The van der Waals surface area contributed by atoms with Gasteiger partial charge in [-0.25, -0.2) is 0 Å². The summed E-state index contributed by atoms with van der Waals surface area (Å²) in [5.41, 5.74) is 3.82. The van der Waals surface area contributed by atoms with Crippen LogP contribution in [-0.2, 0) is 19.8 Å². The van der Waals surface area contributed by atoms with Gasteiger partial charge in [-0.05, 0) is 48.9 Å². The molecule has 1 aliphatic heterocycles. The molecule has 5 rings (SSSR count). The molecule has 10 nitrogen and oxygen atoms in total. The Morgan fingerprint density at radius 2 is 1.76 bits per heavy atom. The number of hydrogen-bond donors (Lipinski definition) is 2. The van der Waals surface area contributed by atoms with Gasteiger partial charge < -0.3 is 34.5 Å². The number of nitrogens with one attached hydrogen (secondary N) is 1. The Labute approximate surface area is 287 Å². The number of nitrogens with zero attached hydrogens (tertiary/aromatic N) is 2. The van der Waals surface area contributed by atoms with E-state index >= 15 is 0 Å². The summed E-state index contributed by atoms with van der Waals surface area (Å²) in [6, 6.07) is 16.7. The Morgan fingerprint density at radius 3 is 2.52 bits per heavy atom. The van der Waals surface area contributed by atoms with Gasteiger partial charge in [0.05, 0.1) is 17.9 Å². The molecule has 0 spiro atoms. The standard InChI is InChI=1S/C30H31N3O6.CH3O.K/c1-21-14-24(18-32-9-11-34)28(38-19-22-4-2-8-31-17-22)16-27(21)39-20-23-5-3-10-33(30(23)35)25-6-7-26-29(15-25)37-13-12-36-26;1-2;/h2-8,10,14-17,32,34H,9,11-13,18-20H2,1H3;1H3;/q;-1;+1. The Kier molecular flexibility index (Phi) is 14.0. The van der Waals surface area contributed by atoms with Crippen LogP contribution in [0.25, 0.3) is 5.69 Å². The molecule has 2 aromatic heterocycles. The predicted octanol–water partition coefficient (Wildman–Crippen LogP) is -0.467. The Hall–Kier alpha value is -2.74. The first kappa shape index (κ1) is 33.8. The number of aryl methyl sites for hydroxylation is 1. The maximum atomic E-state index is 13.3. The molecule has 3 heterocycles. The molecule has 0 unspecified atom stereocenters. The maximum Gasteiger partial charge on any atom is 1.00 e. The van der Waals surface area contributed by atoms with Gasteiger partial charge in [0, 0.05) is 54.9 Å². The summed E-state index contributed by atoms with van der Waals surface area (Å²) in [4.78, 5) is 17.5. The van der Waals surface area contributed by atoms with Crippen LogP contribution in [0, 0.1) is 6.92 Å². The van der Waals surface area contributed by atoms with E-state index in [1.54, 1.807) is 35.3 Å². The number of aliphatic hydroxyl groups excluding tert-OH is 1. The molecule has 0 saturated carbocycles. The van der Waals surface area contributed by atoms with Crippen LogP contribution >= 0.6 is 0 Å². The first-order valence-electron chi connectivity index (χ1n) is 13.2. The van der Waals surface area contributed by atoms with Crippen molar-refractivity contribution in [2.75, 3.05) is 33.5 Å². The van der Waals surface area contributed by atoms with Crippen LogP contribution in [0.3, 0.4) is 0 Å². The number of hydrogen-bond acceptors (Lipinski definition) is 9. The fourth-order valence-corrected chi connectivity index (χ4v) is 4.29. The summed E-state index contributed by atoms with van der Waals surface area (Å²) < 4.78 is 25.1. The summed E-state index contributed by atoms with van der Waals surface area (Å²) in [6.07, 6.45) is 5.20. The minimum atomic E-state index is -0.176. The molecule has 0 bridgehead atoms. The van der Waals surface area contributed by atoms with E-state index < -0.39 is 0 Å². The molecule has 1 aliphatic rings. The predicted molar refractivity (Wildman–Crippen MR) is 152 cm³/mol. The van der Waals surface area contributed by atoms with Gasteiger partial charge in [0.15, 0.2) is 11.5 Å². The second-order valence-corrected chi connectivity index (χ2v) is 9.10. The molecule has 2 N–H and O–H groups in total. The van der Waals surface area contributed by atoms with E-state index in [9.17, 15) is 4.79 Å². The van der Waals surface area contributed by atoms with E-state index in [0.717, 1.165) is 23.8 Å². The summed E-state index contributed by atoms with van der Waals surface area (Å²) in [5, 5.41) is 20.6. The fraction of sp³-hybridized carbons (Fsp3) is 0.290. The number of fused-ring (bicyclic) bond motifs is 1. The van der Waals surface area contributed by atoms with Crippen LogP contribution in [0.4, 0.5) is 0 Å². The zero-order chi connectivity index (χ0) is 29.0. The molecule has 0 radical (unpaired) electrons. The molecule has 216 valence electrons. The molecule has 0 atom stereocenters. The number of ether oxygens (including phenoxy) is 4. The summed E-state index contributed by atoms with van der Waals surface area (Å²) in [6.45, 7) is 4.43. The summed E-state index contributed by atoms with van der Waals surface area (Å²) >= 11 is 0. The minimum Gasteiger partial charge on any atom is -0.857 e. The van der Waals surface area contributed by atoms with Crippen molar-refractivity contribution in [3.8, 4) is 28.7 Å². The first-order chi connectivity index (χ1) is 20.1. The SMILES string of the molecule is C[O-].Cc1cc(CNCCO)c(OCc2cccnc2)cc1OCc1cccn(-c2ccc3c(c2)OCCO3)c1=O.[K+]. The third-order valence-corrected chi connectivity index (χ3v) is 6.29. The van der Waals surface area contributed by atoms with E-state index in [0.29, 0.717) is 67.2 Å². The molecule has 0 aliphatic carbocycles. The van der Waals surface area contributed by atoms with Crippen LogP contribution in [-0.4, -0.2) is 48.1 Å². The molecule has 0 fully saturated rings. The van der Waals surface area contributed by atoms with Gasteiger partial charge in [-0.3, -0.25) is 14.3 Å². The second-order valence-electron chi connectivity index (χ2n) is 9.10. The third-order valence-electron chi connectivity index (χ3n) is 6.29. The maximum absolute atomic E-state index is 13.3. The fourth-order valence-electron chi connectivity index (χ4n) is 4.29. The Bertz CT molecular complexity index is 1480. The van der Waals surface area contributed by atoms with Gasteiger partial charge in [-0.2, -0.15) is 7.11 Å². The number of aliphatic hydroxyl groups is 1. The zero-order valence-corrected chi connectivity index (χ0v) is 27.3. The number of pyridine rings is 2. The van der Waals surface area contributed by atoms with Crippen molar-refractivity contribution in [2.24, 2.45) is 0 Å². The number of rotatable bonds is 11. The largest absolute Gasteiger partial charge is 1.00 e. The van der Waals surface area contributed by atoms with Gasteiger partial charge in [0.2, 0.25) is 0 Å². The third kappa shape index (κ3) is 8.88. The van der Waals surface area contributed by atoms with Crippen molar-refractivity contribution >= 4 is 0 Å². The number of benzene rings is 2. The monoisotopic (exact) mass is 599 g/mol. The molecule has 4 aromatic rings. The zero-order valence-electron chi connectivity index (χ0n) is 24.2. The topological polar surface area (TPSA) is 127 Å². The van der Waals surface area contributed by atoms with Gasteiger partial charge in [-0.15, -0.1) is 0 Å². The molecule has 42 heavy (non-hydrogen) atoms. The van der Waals surface area contributed by atoms with Crippen molar-refractivity contribution in [1.29, 1.82) is 0 Å². The quantitative estimate of drug-likeness (QED) is 0.174. The average molecular weight is 600 g/mol. The molecular weight excluding hydrogens is 565 g/mol. The normalized spacial score (nSPS) is 11.5. The smallest absolute Gasteiger partial charge is 0.857 e. The molecule has 0 saturated heterocycles. The molecule has 2 aromatic carbocycles. The summed E-state index contributed by atoms with van der Waals surface area (Å²) in [5.74, 6) is 2.57. The van der Waals surface area contributed by atoms with E-state index in [1.807, 2.05) is 49.4 Å². The van der Waals surface area contributed by atoms with Gasteiger partial charge in [0.1, 0.15) is 37.9 Å². The van der Waals surface area contributed by atoms with Crippen molar-refractivity contribution in [3.63, 3.8) is 0 Å². The van der Waals surface area contributed by atoms with Crippen molar-refractivity contribution in [3.05, 3.63) is 106 Å². The van der Waals surface area contributed by atoms with Crippen molar-refractivity contribution < 1.29 is 80.5 Å². The van der Waals surface area contributed by atoms with E-state index in [-0.39, 0.29) is 70.2 Å². The van der Waals surface area contributed by atoms with Gasteiger partial charge >= 0.3 is 51.4 Å². The molecule has 11 heteroatoms. The van der Waals surface area contributed by atoms with Crippen LogP contribution in [0.2, 0.25) is 0 Å². The van der Waals surface area contributed by atoms with Crippen molar-refractivity contribution in [2.45, 2.75) is 26.7 Å². The van der Waals surface area contributed by atoms with Gasteiger partial charge in [0.25, 0.3) is 5.56 Å². The molecular formula is C31H34KN3O7. The van der Waals surface area contributed by atoms with E-state index in [2.05, 4.69) is 10.3 Å². The first-order valence-corrected chi connectivity index (χ1v) is 13.2. The van der Waals surface area contributed by atoms with Crippen molar-refractivity contribution in [1.82, 2.24) is 14.9 Å². The minimum absolute atomic E-state index is 0. The van der Waals surface area contributed by atoms with Crippen LogP contribution in [0.15, 0.2) is 78.0 Å². The van der Waals surface area contributed by atoms with Gasteiger partial charge in [-0.1, -0.05) is 6.07 Å². The van der Waals surface area contributed by atoms with Crippen LogP contribution < -0.4 is 86.3 Å². The second kappa shape index (κ2) is 17.4. The number of aromatic nitrogens is 2. The van der Waals surface area contributed by atoms with E-state index in [1.165, 1.54) is 0 Å². The average Bonchev–Trinajstić information content (AvgIpc) is 3.02. The Morgan fingerprint density at radius 1 is 0.976 bits per heavy atom. The molecule has 0 amide bonds.